The number of hydrogen-bond acceptors (Lipinski definition) is 3. The summed E-state index contributed by atoms with van der Waals surface area (Å²) < 4.78 is 0. The van der Waals surface area contributed by atoms with Crippen LogP contribution in [-0.2, 0) is 0 Å². The normalized spacial score (nSPS) is 24.3. The Morgan fingerprint density at radius 3 is 2.38 bits per heavy atom. The van der Waals surface area contributed by atoms with E-state index in [0.717, 1.165) is 12.0 Å². The molecule has 0 atom stereocenters. The molecular weight excluding hydrogens is 258 g/mol. The number of nitrogens with one attached hydrogen (secondary N) is 1. The fraction of sp³-hybridized carbons (Fsp3) is 1.00. The highest BCUT2D eigenvalue weighted by Gasteiger charge is 2.36. The van der Waals surface area contributed by atoms with Gasteiger partial charge in [-0.2, -0.15) is 0 Å². The van der Waals surface area contributed by atoms with E-state index in [1.54, 1.807) is 0 Å². The lowest BCUT2D eigenvalue weighted by molar-refractivity contribution is 0.0931. The molecule has 1 N–H and O–H groups in total. The highest BCUT2D eigenvalue weighted by atomic mass is 15.2. The summed E-state index contributed by atoms with van der Waals surface area (Å²) in [6, 6.07) is 0.809. The summed E-state index contributed by atoms with van der Waals surface area (Å²) in [5.41, 5.74) is 0.549. The maximum atomic E-state index is 3.75. The van der Waals surface area contributed by atoms with Gasteiger partial charge in [-0.15, -0.1) is 0 Å². The molecule has 0 radical (unpaired) electrons. The van der Waals surface area contributed by atoms with Gasteiger partial charge in [0.25, 0.3) is 0 Å². The van der Waals surface area contributed by atoms with E-state index < -0.39 is 0 Å². The number of likely N-dealkylation sites (tertiary alicyclic amines) is 1. The third-order valence-corrected chi connectivity index (χ3v) is 5.61. The van der Waals surface area contributed by atoms with Crippen LogP contribution < -0.4 is 5.32 Å². The minimum atomic E-state index is 0.549. The molecule has 0 unspecified atom stereocenters. The molecule has 2 aliphatic rings. The highest BCUT2D eigenvalue weighted by Crippen LogP contribution is 2.39. The van der Waals surface area contributed by atoms with Gasteiger partial charge < -0.3 is 15.1 Å². The Morgan fingerprint density at radius 1 is 1.19 bits per heavy atom. The lowest BCUT2D eigenvalue weighted by Crippen LogP contribution is -2.48. The van der Waals surface area contributed by atoms with Crippen molar-refractivity contribution in [3.05, 3.63) is 0 Å². The predicted octanol–water partition coefficient (Wildman–Crippen LogP) is 2.82. The fourth-order valence-corrected chi connectivity index (χ4v) is 4.24. The van der Waals surface area contributed by atoms with E-state index in [1.807, 2.05) is 0 Å². The first kappa shape index (κ1) is 17.2. The number of nitrogens with zero attached hydrogens (tertiary/aromatic N) is 2. The summed E-state index contributed by atoms with van der Waals surface area (Å²) in [5.74, 6) is 0.759. The van der Waals surface area contributed by atoms with Crippen LogP contribution in [0.4, 0.5) is 0 Å². The Kier molecular flexibility index (Phi) is 6.51. The molecule has 0 amide bonds. The van der Waals surface area contributed by atoms with E-state index >= 15 is 0 Å². The van der Waals surface area contributed by atoms with Crippen LogP contribution in [0.3, 0.4) is 0 Å². The van der Waals surface area contributed by atoms with Crippen LogP contribution in [0.25, 0.3) is 0 Å². The molecule has 0 aromatic carbocycles. The average Bonchev–Trinajstić information content (AvgIpc) is 2.87. The van der Waals surface area contributed by atoms with Crippen molar-refractivity contribution in [3.63, 3.8) is 0 Å². The standard InChI is InChI=1S/C18H37N3/c1-16(2)13-19-14-18(9-5-6-10-18)15-21(4)17-7-11-20(3)12-8-17/h16-17,19H,5-15H2,1-4H3. The molecular formula is C18H37N3. The van der Waals surface area contributed by atoms with Crippen LogP contribution in [-0.4, -0.2) is 62.7 Å². The van der Waals surface area contributed by atoms with Gasteiger partial charge in [0.2, 0.25) is 0 Å². The van der Waals surface area contributed by atoms with Crippen molar-refractivity contribution in [2.24, 2.45) is 11.3 Å². The first-order valence-electron chi connectivity index (χ1n) is 9.10. The van der Waals surface area contributed by atoms with Gasteiger partial charge >= 0.3 is 0 Å². The van der Waals surface area contributed by atoms with E-state index in [0.29, 0.717) is 5.41 Å². The Balaban J connectivity index is 1.83. The van der Waals surface area contributed by atoms with Crippen molar-refractivity contribution >= 4 is 0 Å². The maximum absolute atomic E-state index is 3.75. The molecule has 1 heterocycles. The zero-order valence-electron chi connectivity index (χ0n) is 14.8. The van der Waals surface area contributed by atoms with Gasteiger partial charge in [0.05, 0.1) is 0 Å². The number of piperidine rings is 1. The second kappa shape index (κ2) is 7.94. The maximum Gasteiger partial charge on any atom is 0.0117 e. The number of hydrogen-bond donors (Lipinski definition) is 1. The second-order valence-corrected chi connectivity index (χ2v) is 8.18. The zero-order valence-corrected chi connectivity index (χ0v) is 14.8. The first-order chi connectivity index (χ1) is 10.0. The first-order valence-corrected chi connectivity index (χ1v) is 9.10. The van der Waals surface area contributed by atoms with Crippen LogP contribution in [0.5, 0.6) is 0 Å². The molecule has 1 saturated heterocycles. The van der Waals surface area contributed by atoms with Crippen LogP contribution in [0.15, 0.2) is 0 Å². The molecule has 3 heteroatoms. The third-order valence-electron chi connectivity index (χ3n) is 5.61. The SMILES string of the molecule is CC(C)CNCC1(CN(C)C2CCN(C)CC2)CCCC1. The molecule has 0 aromatic rings. The van der Waals surface area contributed by atoms with Gasteiger partial charge in [-0.1, -0.05) is 26.7 Å². The molecule has 0 spiro atoms. The monoisotopic (exact) mass is 295 g/mol. The van der Waals surface area contributed by atoms with Gasteiger partial charge in [0, 0.05) is 19.1 Å². The Labute approximate surface area is 132 Å². The molecule has 2 rings (SSSR count). The van der Waals surface area contributed by atoms with E-state index in [9.17, 15) is 0 Å². The third kappa shape index (κ3) is 5.22. The van der Waals surface area contributed by atoms with Crippen LogP contribution >= 0.6 is 0 Å². The largest absolute Gasteiger partial charge is 0.316 e. The predicted molar refractivity (Wildman–Crippen MR) is 91.8 cm³/mol. The van der Waals surface area contributed by atoms with Crippen molar-refractivity contribution in [3.8, 4) is 0 Å². The lowest BCUT2D eigenvalue weighted by Gasteiger charge is -2.40. The Morgan fingerprint density at radius 2 is 1.81 bits per heavy atom. The molecule has 1 saturated carbocycles. The van der Waals surface area contributed by atoms with Gasteiger partial charge in [0.1, 0.15) is 0 Å². The van der Waals surface area contributed by atoms with Gasteiger partial charge in [0.15, 0.2) is 0 Å². The Hall–Kier alpha value is -0.120. The average molecular weight is 296 g/mol. The number of rotatable bonds is 7. The minimum Gasteiger partial charge on any atom is -0.316 e. The smallest absolute Gasteiger partial charge is 0.0117 e. The van der Waals surface area contributed by atoms with E-state index in [2.05, 4.69) is 43.1 Å². The minimum absolute atomic E-state index is 0.549. The van der Waals surface area contributed by atoms with Crippen molar-refractivity contribution in [2.75, 3.05) is 46.8 Å². The molecule has 21 heavy (non-hydrogen) atoms. The fourth-order valence-electron chi connectivity index (χ4n) is 4.24. The summed E-state index contributed by atoms with van der Waals surface area (Å²) in [6.07, 6.45) is 8.42. The summed E-state index contributed by atoms with van der Waals surface area (Å²) in [5, 5.41) is 3.75. The van der Waals surface area contributed by atoms with Crippen LogP contribution in [0.1, 0.15) is 52.4 Å². The van der Waals surface area contributed by atoms with Crippen molar-refractivity contribution in [2.45, 2.75) is 58.4 Å². The van der Waals surface area contributed by atoms with E-state index in [4.69, 9.17) is 0 Å². The van der Waals surface area contributed by atoms with Crippen molar-refractivity contribution in [1.82, 2.24) is 15.1 Å². The summed E-state index contributed by atoms with van der Waals surface area (Å²) >= 11 is 0. The van der Waals surface area contributed by atoms with Crippen molar-refractivity contribution in [1.29, 1.82) is 0 Å². The molecule has 1 aliphatic heterocycles. The van der Waals surface area contributed by atoms with Gasteiger partial charge in [-0.05, 0) is 70.7 Å². The second-order valence-electron chi connectivity index (χ2n) is 8.18. The van der Waals surface area contributed by atoms with Crippen LogP contribution in [0.2, 0.25) is 0 Å². The summed E-state index contributed by atoms with van der Waals surface area (Å²) in [7, 11) is 4.63. The van der Waals surface area contributed by atoms with Crippen molar-refractivity contribution < 1.29 is 0 Å². The lowest BCUT2D eigenvalue weighted by atomic mass is 9.84. The molecule has 1 aliphatic carbocycles. The highest BCUT2D eigenvalue weighted by molar-refractivity contribution is 4.91. The van der Waals surface area contributed by atoms with Crippen LogP contribution in [0, 0.1) is 11.3 Å². The van der Waals surface area contributed by atoms with E-state index in [1.165, 1.54) is 71.2 Å². The molecule has 0 bridgehead atoms. The van der Waals surface area contributed by atoms with Gasteiger partial charge in [-0.25, -0.2) is 0 Å². The molecule has 0 aromatic heterocycles. The topological polar surface area (TPSA) is 18.5 Å². The van der Waals surface area contributed by atoms with Gasteiger partial charge in [-0.3, -0.25) is 0 Å². The Bertz CT molecular complexity index is 289. The quantitative estimate of drug-likeness (QED) is 0.779. The van der Waals surface area contributed by atoms with E-state index in [-0.39, 0.29) is 0 Å². The molecule has 2 fully saturated rings. The summed E-state index contributed by atoms with van der Waals surface area (Å²) in [6.45, 7) is 10.8. The molecule has 124 valence electrons. The molecule has 3 nitrogen and oxygen atoms in total. The zero-order chi connectivity index (χ0) is 15.3. The summed E-state index contributed by atoms with van der Waals surface area (Å²) in [4.78, 5) is 5.16.